The first-order chi connectivity index (χ1) is 12.0. The zero-order valence-corrected chi connectivity index (χ0v) is 15.5. The van der Waals surface area contributed by atoms with Crippen LogP contribution in [0.15, 0.2) is 24.3 Å². The molecule has 0 heterocycles. The molecule has 2 amide bonds. The first-order valence-corrected chi connectivity index (χ1v) is 9.26. The Balaban J connectivity index is 1.85. The van der Waals surface area contributed by atoms with Gasteiger partial charge in [-0.1, -0.05) is 26.0 Å². The third-order valence-corrected chi connectivity index (χ3v) is 4.66. The topological polar surface area (TPSA) is 67.4 Å². The van der Waals surface area contributed by atoms with E-state index >= 15 is 0 Å². The third-order valence-electron chi connectivity index (χ3n) is 4.66. The van der Waals surface area contributed by atoms with E-state index in [-0.39, 0.29) is 17.7 Å². The zero-order chi connectivity index (χ0) is 18.2. The number of rotatable bonds is 8. The number of benzene rings is 1. The molecule has 138 valence electrons. The van der Waals surface area contributed by atoms with Gasteiger partial charge in [-0.05, 0) is 55.7 Å². The summed E-state index contributed by atoms with van der Waals surface area (Å²) < 4.78 is 6.01. The molecule has 1 aromatic rings. The minimum atomic E-state index is -0.491. The normalized spacial score (nSPS) is 15.8. The Morgan fingerprint density at radius 3 is 2.60 bits per heavy atom. The van der Waals surface area contributed by atoms with E-state index in [1.165, 1.54) is 12.8 Å². The van der Waals surface area contributed by atoms with Crippen molar-refractivity contribution in [1.29, 1.82) is 0 Å². The van der Waals surface area contributed by atoms with Gasteiger partial charge in [0.05, 0.1) is 6.10 Å². The lowest BCUT2D eigenvalue weighted by atomic mass is 10.0. The molecule has 1 aliphatic carbocycles. The first-order valence-electron chi connectivity index (χ1n) is 9.26. The summed E-state index contributed by atoms with van der Waals surface area (Å²) in [4.78, 5) is 24.0. The van der Waals surface area contributed by atoms with Crippen LogP contribution in [0.25, 0.3) is 0 Å². The van der Waals surface area contributed by atoms with Crippen molar-refractivity contribution < 1.29 is 14.3 Å². The fourth-order valence-corrected chi connectivity index (χ4v) is 3.17. The Kier molecular flexibility index (Phi) is 7.29. The highest BCUT2D eigenvalue weighted by atomic mass is 16.5. The molecule has 0 saturated heterocycles. The van der Waals surface area contributed by atoms with Crippen molar-refractivity contribution in [2.75, 3.05) is 7.05 Å². The molecular formula is C20H30N2O3. The number of likely N-dealkylation sites (N-methyl/N-ethyl adjacent to an activating group) is 1. The maximum Gasteiger partial charge on any atom is 0.242 e. The average molecular weight is 346 g/mol. The van der Waals surface area contributed by atoms with Gasteiger partial charge in [-0.3, -0.25) is 9.59 Å². The molecule has 0 bridgehead atoms. The monoisotopic (exact) mass is 346 g/mol. The van der Waals surface area contributed by atoms with Crippen LogP contribution in [0.5, 0.6) is 5.75 Å². The number of carbonyl (C=O) groups excluding carboxylic acids is 2. The second kappa shape index (κ2) is 9.44. The summed E-state index contributed by atoms with van der Waals surface area (Å²) >= 11 is 0. The molecule has 1 aliphatic rings. The van der Waals surface area contributed by atoms with E-state index in [2.05, 4.69) is 10.6 Å². The van der Waals surface area contributed by atoms with Crippen LogP contribution in [0.4, 0.5) is 0 Å². The third kappa shape index (κ3) is 6.07. The van der Waals surface area contributed by atoms with Crippen LogP contribution in [-0.4, -0.2) is 31.0 Å². The largest absolute Gasteiger partial charge is 0.490 e. The molecule has 1 fully saturated rings. The average Bonchev–Trinajstić information content (AvgIpc) is 3.10. The van der Waals surface area contributed by atoms with E-state index < -0.39 is 6.04 Å². The van der Waals surface area contributed by atoms with Crippen LogP contribution in [0.1, 0.15) is 51.5 Å². The van der Waals surface area contributed by atoms with Gasteiger partial charge in [0.2, 0.25) is 11.8 Å². The molecule has 2 N–H and O–H groups in total. The smallest absolute Gasteiger partial charge is 0.242 e. The van der Waals surface area contributed by atoms with Crippen molar-refractivity contribution in [3.63, 3.8) is 0 Å². The second-order valence-corrected chi connectivity index (χ2v) is 7.08. The lowest BCUT2D eigenvalue weighted by Gasteiger charge is -2.20. The van der Waals surface area contributed by atoms with Crippen molar-refractivity contribution in [2.45, 2.75) is 64.5 Å². The summed E-state index contributed by atoms with van der Waals surface area (Å²) in [6.45, 7) is 3.84. The minimum absolute atomic E-state index is 0.0482. The van der Waals surface area contributed by atoms with E-state index in [1.807, 2.05) is 38.1 Å². The van der Waals surface area contributed by atoms with Gasteiger partial charge in [0.1, 0.15) is 11.8 Å². The molecule has 0 aromatic heterocycles. The van der Waals surface area contributed by atoms with Crippen LogP contribution >= 0.6 is 0 Å². The van der Waals surface area contributed by atoms with Gasteiger partial charge in [0.25, 0.3) is 0 Å². The number of hydrogen-bond acceptors (Lipinski definition) is 3. The molecule has 0 unspecified atom stereocenters. The molecule has 1 aromatic carbocycles. The number of ether oxygens (including phenoxy) is 1. The van der Waals surface area contributed by atoms with Gasteiger partial charge in [-0.15, -0.1) is 0 Å². The zero-order valence-electron chi connectivity index (χ0n) is 15.5. The summed E-state index contributed by atoms with van der Waals surface area (Å²) in [5.41, 5.74) is 1.08. The van der Waals surface area contributed by atoms with E-state index in [9.17, 15) is 9.59 Å². The van der Waals surface area contributed by atoms with E-state index in [4.69, 9.17) is 4.74 Å². The standard InChI is InChI=1S/C20H30N2O3/c1-14(2)19(20(24)21-3)22-18(23)12-11-15-7-6-10-17(13-15)25-16-8-4-5-9-16/h6-7,10,13-14,16,19H,4-5,8-9,11-12H2,1-3H3,(H,21,24)(H,22,23)/t19-/m1/s1. The van der Waals surface area contributed by atoms with Gasteiger partial charge in [-0.25, -0.2) is 0 Å². The van der Waals surface area contributed by atoms with Crippen LogP contribution in [0.3, 0.4) is 0 Å². The van der Waals surface area contributed by atoms with Crippen molar-refractivity contribution in [2.24, 2.45) is 5.92 Å². The van der Waals surface area contributed by atoms with Crippen LogP contribution in [0.2, 0.25) is 0 Å². The summed E-state index contributed by atoms with van der Waals surface area (Å²) in [5, 5.41) is 5.43. The van der Waals surface area contributed by atoms with Crippen LogP contribution in [0, 0.1) is 5.92 Å². The fourth-order valence-electron chi connectivity index (χ4n) is 3.17. The highest BCUT2D eigenvalue weighted by molar-refractivity contribution is 5.87. The highest BCUT2D eigenvalue weighted by Crippen LogP contribution is 2.24. The molecule has 1 atom stereocenters. The Morgan fingerprint density at radius 1 is 1.24 bits per heavy atom. The first kappa shape index (κ1) is 19.3. The fraction of sp³-hybridized carbons (Fsp3) is 0.600. The number of amides is 2. The quantitative estimate of drug-likeness (QED) is 0.760. The van der Waals surface area contributed by atoms with E-state index in [0.29, 0.717) is 18.9 Å². The van der Waals surface area contributed by atoms with Crippen molar-refractivity contribution in [1.82, 2.24) is 10.6 Å². The Bertz CT molecular complexity index is 580. The minimum Gasteiger partial charge on any atom is -0.490 e. The molecule has 5 heteroatoms. The van der Waals surface area contributed by atoms with Crippen LogP contribution < -0.4 is 15.4 Å². The SMILES string of the molecule is CNC(=O)[C@H](NC(=O)CCc1cccc(OC2CCCC2)c1)C(C)C. The van der Waals surface area contributed by atoms with Gasteiger partial charge >= 0.3 is 0 Å². The highest BCUT2D eigenvalue weighted by Gasteiger charge is 2.22. The molecule has 2 rings (SSSR count). The summed E-state index contributed by atoms with van der Waals surface area (Å²) in [6, 6.07) is 7.48. The lowest BCUT2D eigenvalue weighted by Crippen LogP contribution is -2.48. The molecule has 0 radical (unpaired) electrons. The van der Waals surface area contributed by atoms with Gasteiger partial charge in [-0.2, -0.15) is 0 Å². The lowest BCUT2D eigenvalue weighted by molar-refractivity contribution is -0.129. The summed E-state index contributed by atoms with van der Waals surface area (Å²) in [5.74, 6) is 0.669. The predicted octanol–water partition coefficient (Wildman–Crippen LogP) is 2.83. The molecule has 1 saturated carbocycles. The molecule has 0 aliphatic heterocycles. The van der Waals surface area contributed by atoms with E-state index in [1.54, 1.807) is 7.05 Å². The van der Waals surface area contributed by atoms with Crippen molar-refractivity contribution in [3.8, 4) is 5.75 Å². The number of aryl methyl sites for hydroxylation is 1. The summed E-state index contributed by atoms with van der Waals surface area (Å²) in [7, 11) is 1.58. The number of carbonyl (C=O) groups is 2. The predicted molar refractivity (Wildman–Crippen MR) is 98.5 cm³/mol. The van der Waals surface area contributed by atoms with Crippen LogP contribution in [-0.2, 0) is 16.0 Å². The van der Waals surface area contributed by atoms with Crippen molar-refractivity contribution >= 4 is 11.8 Å². The summed E-state index contributed by atoms with van der Waals surface area (Å²) in [6.07, 6.45) is 6.06. The van der Waals surface area contributed by atoms with E-state index in [0.717, 1.165) is 24.2 Å². The maximum atomic E-state index is 12.2. The Hall–Kier alpha value is -2.04. The van der Waals surface area contributed by atoms with Gasteiger partial charge in [0, 0.05) is 13.5 Å². The maximum absolute atomic E-state index is 12.2. The number of nitrogens with one attached hydrogen (secondary N) is 2. The molecule has 0 spiro atoms. The molecule has 5 nitrogen and oxygen atoms in total. The van der Waals surface area contributed by atoms with Gasteiger partial charge in [0.15, 0.2) is 0 Å². The molecular weight excluding hydrogens is 316 g/mol. The number of hydrogen-bond donors (Lipinski definition) is 2. The Morgan fingerprint density at radius 2 is 1.96 bits per heavy atom. The molecule has 25 heavy (non-hydrogen) atoms. The van der Waals surface area contributed by atoms with Crippen molar-refractivity contribution in [3.05, 3.63) is 29.8 Å². The van der Waals surface area contributed by atoms with Gasteiger partial charge < -0.3 is 15.4 Å². The second-order valence-electron chi connectivity index (χ2n) is 7.08. The Labute approximate surface area is 150 Å².